The fourth-order valence-corrected chi connectivity index (χ4v) is 1.31. The first-order chi connectivity index (χ1) is 8.20. The van der Waals surface area contributed by atoms with Crippen molar-refractivity contribution in [3.05, 3.63) is 41.3 Å². The average Bonchev–Trinajstić information content (AvgIpc) is 2.73. The summed E-state index contributed by atoms with van der Waals surface area (Å²) in [6.07, 6.45) is 0.528. The molecule has 0 radical (unpaired) electrons. The zero-order valence-electron chi connectivity index (χ0n) is 9.01. The number of aldehydes is 1. The molecule has 0 atom stereocenters. The molecular formula is C11H9FN2O3. The molecule has 0 spiro atoms. The van der Waals surface area contributed by atoms with Gasteiger partial charge in [-0.2, -0.15) is 4.98 Å². The molecule has 0 fully saturated rings. The summed E-state index contributed by atoms with van der Waals surface area (Å²) in [6, 6.07) is 4.11. The summed E-state index contributed by atoms with van der Waals surface area (Å²) in [5.74, 6) is -0.0184. The predicted octanol–water partition coefficient (Wildman–Crippen LogP) is 1.91. The van der Waals surface area contributed by atoms with E-state index < -0.39 is 5.82 Å². The number of benzene rings is 1. The highest BCUT2D eigenvalue weighted by atomic mass is 19.1. The molecule has 6 heteroatoms. The van der Waals surface area contributed by atoms with E-state index in [-0.39, 0.29) is 17.9 Å². The predicted molar refractivity (Wildman–Crippen MR) is 55.2 cm³/mol. The van der Waals surface area contributed by atoms with Gasteiger partial charge in [-0.1, -0.05) is 11.2 Å². The van der Waals surface area contributed by atoms with Crippen molar-refractivity contribution in [1.29, 1.82) is 0 Å². The number of hydrogen-bond acceptors (Lipinski definition) is 5. The van der Waals surface area contributed by atoms with Gasteiger partial charge in [0.15, 0.2) is 24.5 Å². The molecule has 0 unspecified atom stereocenters. The van der Waals surface area contributed by atoms with Crippen LogP contribution in [0.2, 0.25) is 0 Å². The lowest BCUT2D eigenvalue weighted by Crippen LogP contribution is -2.02. The number of carbonyl (C=O) groups excluding carboxylic acids is 1. The van der Waals surface area contributed by atoms with Crippen LogP contribution in [-0.2, 0) is 6.61 Å². The SMILES string of the molecule is Cc1nc(COc2c(F)cccc2C=O)no1. The molecule has 1 aromatic heterocycles. The second-order valence-corrected chi connectivity index (χ2v) is 3.29. The largest absolute Gasteiger partial charge is 0.482 e. The number of para-hydroxylation sites is 1. The number of ether oxygens (including phenoxy) is 1. The van der Waals surface area contributed by atoms with E-state index in [2.05, 4.69) is 10.1 Å². The zero-order chi connectivity index (χ0) is 12.3. The molecule has 2 aromatic rings. The van der Waals surface area contributed by atoms with Gasteiger partial charge >= 0.3 is 0 Å². The molecule has 0 saturated heterocycles. The van der Waals surface area contributed by atoms with Crippen LogP contribution in [0.5, 0.6) is 5.75 Å². The maximum absolute atomic E-state index is 13.4. The lowest BCUT2D eigenvalue weighted by molar-refractivity contribution is 0.111. The smallest absolute Gasteiger partial charge is 0.223 e. The van der Waals surface area contributed by atoms with Gasteiger partial charge in [0.2, 0.25) is 11.7 Å². The van der Waals surface area contributed by atoms with Crippen LogP contribution in [0.1, 0.15) is 22.1 Å². The van der Waals surface area contributed by atoms with Gasteiger partial charge in [0, 0.05) is 6.92 Å². The van der Waals surface area contributed by atoms with Crippen LogP contribution >= 0.6 is 0 Å². The van der Waals surface area contributed by atoms with E-state index in [1.54, 1.807) is 6.92 Å². The highest BCUT2D eigenvalue weighted by Crippen LogP contribution is 2.21. The highest BCUT2D eigenvalue weighted by Gasteiger charge is 2.11. The number of aryl methyl sites for hydroxylation is 1. The fourth-order valence-electron chi connectivity index (χ4n) is 1.31. The zero-order valence-corrected chi connectivity index (χ0v) is 9.01. The maximum atomic E-state index is 13.4. The van der Waals surface area contributed by atoms with Gasteiger partial charge in [-0.3, -0.25) is 4.79 Å². The number of nitrogens with zero attached hydrogens (tertiary/aromatic N) is 2. The van der Waals surface area contributed by atoms with E-state index in [0.717, 1.165) is 0 Å². The summed E-state index contributed by atoms with van der Waals surface area (Å²) in [7, 11) is 0. The molecule has 0 amide bonds. The van der Waals surface area contributed by atoms with Crippen molar-refractivity contribution >= 4 is 6.29 Å². The molecule has 1 aromatic carbocycles. The minimum absolute atomic E-state index is 0.0564. The van der Waals surface area contributed by atoms with Gasteiger partial charge in [-0.15, -0.1) is 0 Å². The molecule has 0 N–H and O–H groups in total. The second kappa shape index (κ2) is 4.73. The van der Waals surface area contributed by atoms with E-state index in [1.165, 1.54) is 18.2 Å². The van der Waals surface area contributed by atoms with Gasteiger partial charge < -0.3 is 9.26 Å². The number of aromatic nitrogens is 2. The van der Waals surface area contributed by atoms with E-state index >= 15 is 0 Å². The molecule has 88 valence electrons. The first-order valence-electron chi connectivity index (χ1n) is 4.86. The number of rotatable bonds is 4. The number of hydrogen-bond donors (Lipinski definition) is 0. The van der Waals surface area contributed by atoms with Crippen LogP contribution in [0.25, 0.3) is 0 Å². The molecule has 0 aliphatic heterocycles. The van der Waals surface area contributed by atoms with Gasteiger partial charge in [0.05, 0.1) is 5.56 Å². The second-order valence-electron chi connectivity index (χ2n) is 3.29. The van der Waals surface area contributed by atoms with Crippen molar-refractivity contribution in [3.8, 4) is 5.75 Å². The molecule has 0 saturated carbocycles. The Morgan fingerprint density at radius 2 is 2.35 bits per heavy atom. The van der Waals surface area contributed by atoms with Crippen molar-refractivity contribution in [3.63, 3.8) is 0 Å². The Kier molecular flexibility index (Phi) is 3.13. The van der Waals surface area contributed by atoms with Crippen LogP contribution in [0.3, 0.4) is 0 Å². The summed E-state index contributed by atoms with van der Waals surface area (Å²) in [4.78, 5) is 14.6. The third-order valence-corrected chi connectivity index (χ3v) is 2.04. The summed E-state index contributed by atoms with van der Waals surface area (Å²) in [5.41, 5.74) is 0.144. The molecule has 0 aliphatic carbocycles. The lowest BCUT2D eigenvalue weighted by atomic mass is 10.2. The van der Waals surface area contributed by atoms with Gasteiger partial charge in [0.25, 0.3) is 0 Å². The fraction of sp³-hybridized carbons (Fsp3) is 0.182. The molecule has 0 aliphatic rings. The summed E-state index contributed by atoms with van der Waals surface area (Å²) in [5, 5.41) is 3.59. The third-order valence-electron chi connectivity index (χ3n) is 2.04. The van der Waals surface area contributed by atoms with Crippen LogP contribution in [-0.4, -0.2) is 16.4 Å². The summed E-state index contributed by atoms with van der Waals surface area (Å²) >= 11 is 0. The van der Waals surface area contributed by atoms with E-state index in [0.29, 0.717) is 18.0 Å². The van der Waals surface area contributed by atoms with Crippen LogP contribution in [0, 0.1) is 12.7 Å². The monoisotopic (exact) mass is 236 g/mol. The Morgan fingerprint density at radius 1 is 1.53 bits per heavy atom. The van der Waals surface area contributed by atoms with E-state index in [4.69, 9.17) is 9.26 Å². The first kappa shape index (κ1) is 11.3. The number of carbonyl (C=O) groups is 1. The van der Waals surface area contributed by atoms with Crippen LogP contribution < -0.4 is 4.74 Å². The Hall–Kier alpha value is -2.24. The lowest BCUT2D eigenvalue weighted by Gasteiger charge is -2.06. The van der Waals surface area contributed by atoms with Crippen LogP contribution in [0.4, 0.5) is 4.39 Å². The topological polar surface area (TPSA) is 65.2 Å². The van der Waals surface area contributed by atoms with Gasteiger partial charge in [0.1, 0.15) is 0 Å². The molecular weight excluding hydrogens is 227 g/mol. The standard InChI is InChI=1S/C11H9FN2O3/c1-7-13-10(14-17-7)6-16-11-8(5-15)3-2-4-9(11)12/h2-5H,6H2,1H3. The van der Waals surface area contributed by atoms with Crippen molar-refractivity contribution in [2.24, 2.45) is 0 Å². The van der Waals surface area contributed by atoms with Gasteiger partial charge in [-0.25, -0.2) is 4.39 Å². The third kappa shape index (κ3) is 2.47. The quantitative estimate of drug-likeness (QED) is 0.758. The Labute approximate surface area is 96.2 Å². The van der Waals surface area contributed by atoms with Crippen molar-refractivity contribution < 1.29 is 18.4 Å². The van der Waals surface area contributed by atoms with Crippen molar-refractivity contribution in [2.75, 3.05) is 0 Å². The average molecular weight is 236 g/mol. The minimum atomic E-state index is -0.602. The molecule has 0 bridgehead atoms. The Balaban J connectivity index is 2.16. The molecule has 17 heavy (non-hydrogen) atoms. The minimum Gasteiger partial charge on any atom is -0.482 e. The first-order valence-corrected chi connectivity index (χ1v) is 4.86. The summed E-state index contributed by atoms with van der Waals surface area (Å²) in [6.45, 7) is 1.58. The van der Waals surface area contributed by atoms with E-state index in [9.17, 15) is 9.18 Å². The normalized spacial score (nSPS) is 10.2. The van der Waals surface area contributed by atoms with Gasteiger partial charge in [-0.05, 0) is 12.1 Å². The van der Waals surface area contributed by atoms with Crippen molar-refractivity contribution in [1.82, 2.24) is 10.1 Å². The maximum Gasteiger partial charge on any atom is 0.223 e. The summed E-state index contributed by atoms with van der Waals surface area (Å²) < 4.78 is 23.3. The number of halogens is 1. The Morgan fingerprint density at radius 3 is 3.00 bits per heavy atom. The van der Waals surface area contributed by atoms with E-state index in [1.807, 2.05) is 0 Å². The molecule has 5 nitrogen and oxygen atoms in total. The Bertz CT molecular complexity index is 539. The van der Waals surface area contributed by atoms with Crippen molar-refractivity contribution in [2.45, 2.75) is 13.5 Å². The van der Waals surface area contributed by atoms with Crippen LogP contribution in [0.15, 0.2) is 22.7 Å². The molecule has 2 rings (SSSR count). The molecule has 1 heterocycles. The highest BCUT2D eigenvalue weighted by molar-refractivity contribution is 5.79.